The summed E-state index contributed by atoms with van der Waals surface area (Å²) in [6, 6.07) is 11.6. The Balaban J connectivity index is 2.09. The molecule has 4 nitrogen and oxygen atoms in total. The highest BCUT2D eigenvalue weighted by molar-refractivity contribution is 5.81. The normalized spacial score (nSPS) is 11.7. The average molecular weight is 309 g/mol. The standard InChI is InChI=1S/C19H23N3O/c1-14-10-18(15(2)22(14)19(3,4)5)12-21-23-13-17-9-7-6-8-16(17)11-20/h6-10,12H,13H2,1-5H3/b21-12-. The molecule has 0 aliphatic carbocycles. The van der Waals surface area contributed by atoms with Crippen LogP contribution in [0.1, 0.15) is 48.8 Å². The van der Waals surface area contributed by atoms with Crippen LogP contribution in [0.15, 0.2) is 35.5 Å². The first kappa shape index (κ1) is 16.8. The lowest BCUT2D eigenvalue weighted by Crippen LogP contribution is -2.24. The number of hydrogen-bond acceptors (Lipinski definition) is 3. The summed E-state index contributed by atoms with van der Waals surface area (Å²) in [5.41, 5.74) is 4.91. The van der Waals surface area contributed by atoms with Crippen LogP contribution in [0.3, 0.4) is 0 Å². The molecule has 1 aromatic carbocycles. The molecule has 0 aliphatic rings. The molecule has 0 spiro atoms. The summed E-state index contributed by atoms with van der Waals surface area (Å²) < 4.78 is 2.29. The minimum atomic E-state index is 0.0346. The second-order valence-corrected chi connectivity index (χ2v) is 6.61. The van der Waals surface area contributed by atoms with Gasteiger partial charge in [0.2, 0.25) is 0 Å². The molecule has 0 saturated carbocycles. The Labute approximate surface area is 138 Å². The maximum atomic E-state index is 9.05. The summed E-state index contributed by atoms with van der Waals surface area (Å²) in [7, 11) is 0. The van der Waals surface area contributed by atoms with Gasteiger partial charge in [-0.2, -0.15) is 5.26 Å². The smallest absolute Gasteiger partial charge is 0.143 e. The number of benzene rings is 1. The molecule has 0 saturated heterocycles. The van der Waals surface area contributed by atoms with Gasteiger partial charge in [-0.25, -0.2) is 0 Å². The lowest BCUT2D eigenvalue weighted by Gasteiger charge is -2.25. The quantitative estimate of drug-likeness (QED) is 0.625. The summed E-state index contributed by atoms with van der Waals surface area (Å²) in [4.78, 5) is 5.36. The molecule has 0 unspecified atom stereocenters. The fraction of sp³-hybridized carbons (Fsp3) is 0.368. The Morgan fingerprint density at radius 3 is 2.57 bits per heavy atom. The maximum absolute atomic E-state index is 9.05. The molecule has 1 aromatic heterocycles. The predicted octanol–water partition coefficient (Wildman–Crippen LogP) is 4.28. The van der Waals surface area contributed by atoms with Gasteiger partial charge in [-0.05, 0) is 46.8 Å². The molecule has 0 aliphatic heterocycles. The number of aromatic nitrogens is 1. The number of nitrogens with zero attached hydrogens (tertiary/aromatic N) is 3. The molecule has 23 heavy (non-hydrogen) atoms. The van der Waals surface area contributed by atoms with Gasteiger partial charge >= 0.3 is 0 Å². The first-order valence-electron chi connectivity index (χ1n) is 7.67. The predicted molar refractivity (Wildman–Crippen MR) is 92.4 cm³/mol. The highest BCUT2D eigenvalue weighted by atomic mass is 16.6. The minimum absolute atomic E-state index is 0.0346. The molecule has 2 rings (SSSR count). The van der Waals surface area contributed by atoms with E-state index in [-0.39, 0.29) is 12.1 Å². The van der Waals surface area contributed by atoms with Gasteiger partial charge in [-0.1, -0.05) is 23.4 Å². The Bertz CT molecular complexity index is 758. The van der Waals surface area contributed by atoms with Crippen molar-refractivity contribution in [3.05, 3.63) is 58.4 Å². The van der Waals surface area contributed by atoms with Crippen molar-refractivity contribution >= 4 is 6.21 Å². The van der Waals surface area contributed by atoms with Crippen LogP contribution in [0.2, 0.25) is 0 Å². The monoisotopic (exact) mass is 309 g/mol. The number of hydrogen-bond donors (Lipinski definition) is 0. The summed E-state index contributed by atoms with van der Waals surface area (Å²) in [6.07, 6.45) is 1.74. The van der Waals surface area contributed by atoms with Crippen LogP contribution >= 0.6 is 0 Å². The van der Waals surface area contributed by atoms with Gasteiger partial charge in [0.1, 0.15) is 6.61 Å². The zero-order valence-electron chi connectivity index (χ0n) is 14.4. The van der Waals surface area contributed by atoms with Crippen molar-refractivity contribution in [1.29, 1.82) is 5.26 Å². The van der Waals surface area contributed by atoms with Crippen molar-refractivity contribution in [1.82, 2.24) is 4.57 Å². The van der Waals surface area contributed by atoms with Gasteiger partial charge < -0.3 is 9.40 Å². The van der Waals surface area contributed by atoms with Gasteiger partial charge in [-0.15, -0.1) is 0 Å². The van der Waals surface area contributed by atoms with Crippen LogP contribution in [0.25, 0.3) is 0 Å². The van der Waals surface area contributed by atoms with Gasteiger partial charge in [-0.3, -0.25) is 0 Å². The highest BCUT2D eigenvalue weighted by Crippen LogP contribution is 2.23. The van der Waals surface area contributed by atoms with Crippen LogP contribution in [0.4, 0.5) is 0 Å². The zero-order valence-corrected chi connectivity index (χ0v) is 14.4. The van der Waals surface area contributed by atoms with E-state index in [4.69, 9.17) is 10.1 Å². The second kappa shape index (κ2) is 6.70. The Hall–Kier alpha value is -2.54. The van der Waals surface area contributed by atoms with Crippen LogP contribution in [0, 0.1) is 25.2 Å². The van der Waals surface area contributed by atoms with Crippen molar-refractivity contribution in [2.24, 2.45) is 5.16 Å². The van der Waals surface area contributed by atoms with E-state index in [1.807, 2.05) is 18.2 Å². The molecule has 0 N–H and O–H groups in total. The molecule has 0 amide bonds. The Morgan fingerprint density at radius 1 is 1.26 bits per heavy atom. The first-order chi connectivity index (χ1) is 10.8. The third-order valence-electron chi connectivity index (χ3n) is 3.77. The average Bonchev–Trinajstić information content (AvgIpc) is 2.78. The molecule has 120 valence electrons. The van der Waals surface area contributed by atoms with E-state index in [0.717, 1.165) is 11.1 Å². The molecule has 0 atom stereocenters. The fourth-order valence-corrected chi connectivity index (χ4v) is 2.91. The Morgan fingerprint density at radius 2 is 1.96 bits per heavy atom. The SMILES string of the molecule is Cc1cc(/C=N\OCc2ccccc2C#N)c(C)n1C(C)(C)C. The highest BCUT2D eigenvalue weighted by Gasteiger charge is 2.18. The fourth-order valence-electron chi connectivity index (χ4n) is 2.91. The van der Waals surface area contributed by atoms with Crippen LogP contribution < -0.4 is 0 Å². The first-order valence-corrected chi connectivity index (χ1v) is 7.67. The van der Waals surface area contributed by atoms with Crippen LogP contribution in [-0.2, 0) is 17.0 Å². The summed E-state index contributed by atoms with van der Waals surface area (Å²) in [6.45, 7) is 11.0. The lowest BCUT2D eigenvalue weighted by atomic mass is 10.1. The number of oxime groups is 1. The molecule has 0 radical (unpaired) electrons. The molecule has 0 fully saturated rings. The van der Waals surface area contributed by atoms with E-state index < -0.39 is 0 Å². The van der Waals surface area contributed by atoms with E-state index in [1.54, 1.807) is 12.3 Å². The molecule has 4 heteroatoms. The zero-order chi connectivity index (χ0) is 17.0. The van der Waals surface area contributed by atoms with E-state index in [0.29, 0.717) is 5.56 Å². The molecule has 1 heterocycles. The van der Waals surface area contributed by atoms with E-state index in [2.05, 4.69) is 56.5 Å². The van der Waals surface area contributed by atoms with E-state index in [9.17, 15) is 0 Å². The van der Waals surface area contributed by atoms with Crippen LogP contribution in [-0.4, -0.2) is 10.8 Å². The Kier molecular flexibility index (Phi) is 4.90. The van der Waals surface area contributed by atoms with Crippen molar-refractivity contribution in [3.63, 3.8) is 0 Å². The van der Waals surface area contributed by atoms with E-state index in [1.165, 1.54) is 11.4 Å². The van der Waals surface area contributed by atoms with Gasteiger partial charge in [0.25, 0.3) is 0 Å². The minimum Gasteiger partial charge on any atom is -0.391 e. The summed E-state index contributed by atoms with van der Waals surface area (Å²) in [5, 5.41) is 13.1. The largest absolute Gasteiger partial charge is 0.391 e. The maximum Gasteiger partial charge on any atom is 0.143 e. The van der Waals surface area contributed by atoms with Crippen LogP contribution in [0.5, 0.6) is 0 Å². The van der Waals surface area contributed by atoms with Gasteiger partial charge in [0.15, 0.2) is 0 Å². The summed E-state index contributed by atoms with van der Waals surface area (Å²) >= 11 is 0. The number of rotatable bonds is 4. The molecular weight excluding hydrogens is 286 g/mol. The number of nitriles is 1. The van der Waals surface area contributed by atoms with Gasteiger partial charge in [0, 0.05) is 28.1 Å². The molecular formula is C19H23N3O. The third kappa shape index (κ3) is 3.81. The third-order valence-corrected chi connectivity index (χ3v) is 3.77. The van der Waals surface area contributed by atoms with Crippen molar-refractivity contribution < 1.29 is 4.84 Å². The van der Waals surface area contributed by atoms with Crippen molar-refractivity contribution in [2.75, 3.05) is 0 Å². The van der Waals surface area contributed by atoms with Crippen molar-refractivity contribution in [2.45, 2.75) is 46.8 Å². The topological polar surface area (TPSA) is 50.3 Å². The number of aryl methyl sites for hydroxylation is 1. The molecule has 0 bridgehead atoms. The molecule has 2 aromatic rings. The van der Waals surface area contributed by atoms with Crippen molar-refractivity contribution in [3.8, 4) is 6.07 Å². The summed E-state index contributed by atoms with van der Waals surface area (Å²) in [5.74, 6) is 0. The second-order valence-electron chi connectivity index (χ2n) is 6.61. The van der Waals surface area contributed by atoms with E-state index >= 15 is 0 Å². The lowest BCUT2D eigenvalue weighted by molar-refractivity contribution is 0.132. The van der Waals surface area contributed by atoms with Gasteiger partial charge in [0.05, 0.1) is 17.8 Å².